The second-order valence-electron chi connectivity index (χ2n) is 7.72. The molecule has 0 spiro atoms. The van der Waals surface area contributed by atoms with Gasteiger partial charge >= 0.3 is 22.9 Å². The minimum absolute atomic E-state index is 0.144. The first-order valence-corrected chi connectivity index (χ1v) is 12.9. The Morgan fingerprint density at radius 1 is 0.972 bits per heavy atom. The molecule has 1 aliphatic heterocycles. The van der Waals surface area contributed by atoms with Gasteiger partial charge in [-0.25, -0.2) is 9.11 Å². The van der Waals surface area contributed by atoms with E-state index in [9.17, 15) is 24.7 Å². The van der Waals surface area contributed by atoms with E-state index in [2.05, 4.69) is 9.29 Å². The zero-order valence-electron chi connectivity index (χ0n) is 18.5. The fourth-order valence-electron chi connectivity index (χ4n) is 3.69. The van der Waals surface area contributed by atoms with Crippen molar-refractivity contribution in [3.8, 4) is 11.3 Å². The van der Waals surface area contributed by atoms with E-state index in [4.69, 9.17) is 19.0 Å². The van der Waals surface area contributed by atoms with E-state index in [1.54, 1.807) is 12.1 Å². The lowest BCUT2D eigenvalue weighted by Gasteiger charge is -2.19. The Labute approximate surface area is 206 Å². The minimum Gasteiger partial charge on any atom is -0.387 e. The predicted molar refractivity (Wildman–Crippen MR) is 127 cm³/mol. The van der Waals surface area contributed by atoms with Gasteiger partial charge in [0.1, 0.15) is 18.3 Å². The summed E-state index contributed by atoms with van der Waals surface area (Å²) in [6.45, 7) is -0.626. The molecule has 5 unspecified atom stereocenters. The number of nitrogens with zero attached hydrogens (tertiary/aromatic N) is 3. The quantitative estimate of drug-likeness (QED) is 0.234. The van der Waals surface area contributed by atoms with Crippen LogP contribution in [0.3, 0.4) is 0 Å². The van der Waals surface area contributed by atoms with Crippen molar-refractivity contribution in [3.05, 3.63) is 87.3 Å². The summed E-state index contributed by atoms with van der Waals surface area (Å²) in [6.07, 6.45) is -4.49. The van der Waals surface area contributed by atoms with Crippen molar-refractivity contribution in [2.24, 2.45) is 0 Å². The van der Waals surface area contributed by atoms with Gasteiger partial charge < -0.3 is 34.2 Å². The molecule has 0 bridgehead atoms. The van der Waals surface area contributed by atoms with Crippen LogP contribution in [0.15, 0.2) is 70.4 Å². The normalized spacial score (nSPS) is 22.7. The number of hydrogen-bond donors (Lipinski definition) is 5. The topological polar surface area (TPSA) is 186 Å². The van der Waals surface area contributed by atoms with Crippen LogP contribution in [0.4, 0.5) is 0 Å². The van der Waals surface area contributed by atoms with Crippen molar-refractivity contribution >= 4 is 17.2 Å². The largest absolute Gasteiger partial charge is 0.387 e. The molecule has 5 N–H and O–H groups in total. The van der Waals surface area contributed by atoms with Crippen molar-refractivity contribution in [1.29, 1.82) is 0 Å². The van der Waals surface area contributed by atoms with Gasteiger partial charge in [-0.2, -0.15) is 0 Å². The molecular formula is C21H23N3O10P2. The molecule has 15 heteroatoms. The van der Waals surface area contributed by atoms with Gasteiger partial charge in [-0.05, 0) is 12.1 Å². The maximum absolute atomic E-state index is 13.2. The van der Waals surface area contributed by atoms with E-state index in [0.717, 1.165) is 27.0 Å². The molecule has 0 radical (unpaired) electrons. The second kappa shape index (κ2) is 11.8. The van der Waals surface area contributed by atoms with Crippen molar-refractivity contribution < 1.29 is 38.5 Å². The summed E-state index contributed by atoms with van der Waals surface area (Å²) in [5, 5.41) is 20.8. The first-order valence-electron chi connectivity index (χ1n) is 10.6. The van der Waals surface area contributed by atoms with Crippen LogP contribution in [0.1, 0.15) is 11.9 Å². The van der Waals surface area contributed by atoms with Gasteiger partial charge in [0.05, 0.1) is 24.5 Å². The molecule has 0 aliphatic carbocycles. The van der Waals surface area contributed by atoms with Gasteiger partial charge in [-0.3, -0.25) is 18.9 Å². The lowest BCUT2D eigenvalue weighted by atomic mass is 10.1. The molecule has 1 fully saturated rings. The number of ether oxygens (including phenoxy) is 1. The number of hydrogen-bond acceptors (Lipinski definition) is 11. The SMILES string of the molecule is O=c1ccn(C2OC(COP(O)OP(O)O)C(O)C2O)c(=O)n1Cc1cccc(-c2ccccc2)n1. The van der Waals surface area contributed by atoms with Gasteiger partial charge in [-0.15, -0.1) is 0 Å². The van der Waals surface area contributed by atoms with Crippen LogP contribution < -0.4 is 11.2 Å². The predicted octanol–water partition coefficient (Wildman–Crippen LogP) is 0.203. The molecule has 1 aromatic carbocycles. The van der Waals surface area contributed by atoms with Crippen molar-refractivity contribution in [3.63, 3.8) is 0 Å². The van der Waals surface area contributed by atoms with Crippen LogP contribution in [0.5, 0.6) is 0 Å². The van der Waals surface area contributed by atoms with E-state index in [0.29, 0.717) is 11.4 Å². The van der Waals surface area contributed by atoms with Gasteiger partial charge in [0, 0.05) is 17.8 Å². The summed E-state index contributed by atoms with van der Waals surface area (Å²) in [5.41, 5.74) is 0.598. The average Bonchev–Trinajstić information content (AvgIpc) is 3.14. The Bertz CT molecular complexity index is 1290. The third-order valence-corrected chi connectivity index (χ3v) is 6.91. The zero-order chi connectivity index (χ0) is 25.8. The third-order valence-electron chi connectivity index (χ3n) is 5.40. The molecule has 0 saturated carbocycles. The second-order valence-corrected chi connectivity index (χ2v) is 9.62. The standard InChI is InChI=1S/C21H23N3O10P2/c25-17-9-10-23(20-19(27)18(26)16(33-20)12-32-36(31)34-35(29)30)21(28)24(17)11-14-7-4-8-15(22-14)13-5-2-1-3-6-13/h1-10,16,18-20,26-27,29-31H,11-12H2. The van der Waals surface area contributed by atoms with Crippen LogP contribution in [-0.4, -0.2) is 63.9 Å². The summed E-state index contributed by atoms with van der Waals surface area (Å²) in [7, 11) is -5.52. The Morgan fingerprint density at radius 3 is 2.44 bits per heavy atom. The fourth-order valence-corrected chi connectivity index (χ4v) is 4.65. The van der Waals surface area contributed by atoms with Crippen molar-refractivity contribution in [2.75, 3.05) is 6.61 Å². The molecule has 1 saturated heterocycles. The number of rotatable bonds is 9. The van der Waals surface area contributed by atoms with E-state index in [-0.39, 0.29) is 6.54 Å². The fraction of sp³-hybridized carbons (Fsp3) is 0.286. The monoisotopic (exact) mass is 539 g/mol. The highest BCUT2D eigenvalue weighted by atomic mass is 31.2. The molecule has 3 aromatic rings. The number of aliphatic hydroxyl groups is 2. The Balaban J connectivity index is 1.54. The number of benzene rings is 1. The number of pyridine rings is 1. The highest BCUT2D eigenvalue weighted by Gasteiger charge is 2.44. The molecule has 4 rings (SSSR count). The van der Waals surface area contributed by atoms with E-state index in [1.807, 2.05) is 36.4 Å². The Morgan fingerprint density at radius 2 is 1.72 bits per heavy atom. The summed E-state index contributed by atoms with van der Waals surface area (Å²) < 4.78 is 16.6. The van der Waals surface area contributed by atoms with Crippen LogP contribution in [0.25, 0.3) is 11.3 Å². The van der Waals surface area contributed by atoms with E-state index >= 15 is 0 Å². The highest BCUT2D eigenvalue weighted by molar-refractivity contribution is 7.54. The van der Waals surface area contributed by atoms with E-state index in [1.165, 1.54) is 0 Å². The first-order chi connectivity index (χ1) is 17.2. The molecule has 36 heavy (non-hydrogen) atoms. The molecule has 2 aromatic heterocycles. The molecule has 5 atom stereocenters. The summed E-state index contributed by atoms with van der Waals surface area (Å²) in [4.78, 5) is 57.2. The summed E-state index contributed by atoms with van der Waals surface area (Å²) >= 11 is 0. The number of aromatic nitrogens is 3. The lowest BCUT2D eigenvalue weighted by Crippen LogP contribution is -2.43. The van der Waals surface area contributed by atoms with Crippen LogP contribution in [-0.2, 0) is 20.1 Å². The van der Waals surface area contributed by atoms with Gasteiger partial charge in [0.25, 0.3) is 5.56 Å². The molecule has 13 nitrogen and oxygen atoms in total. The first kappa shape index (κ1) is 26.6. The summed E-state index contributed by atoms with van der Waals surface area (Å²) in [5.74, 6) is 0. The van der Waals surface area contributed by atoms with Crippen LogP contribution >= 0.6 is 17.2 Å². The Kier molecular flexibility index (Phi) is 8.70. The number of aliphatic hydroxyl groups excluding tert-OH is 2. The van der Waals surface area contributed by atoms with Crippen LogP contribution in [0.2, 0.25) is 0 Å². The summed E-state index contributed by atoms with van der Waals surface area (Å²) in [6, 6.07) is 15.8. The van der Waals surface area contributed by atoms with Crippen molar-refractivity contribution in [2.45, 2.75) is 31.1 Å². The maximum Gasteiger partial charge on any atom is 0.337 e. The molecule has 3 heterocycles. The average molecular weight is 539 g/mol. The van der Waals surface area contributed by atoms with E-state index < -0.39 is 59.6 Å². The van der Waals surface area contributed by atoms with Crippen LogP contribution in [0, 0.1) is 0 Å². The molecule has 0 amide bonds. The van der Waals surface area contributed by atoms with Gasteiger partial charge in [0.15, 0.2) is 6.23 Å². The van der Waals surface area contributed by atoms with Gasteiger partial charge in [-0.1, -0.05) is 36.4 Å². The zero-order valence-corrected chi connectivity index (χ0v) is 20.3. The van der Waals surface area contributed by atoms with Gasteiger partial charge in [0.2, 0.25) is 0 Å². The van der Waals surface area contributed by atoms with Crippen molar-refractivity contribution in [1.82, 2.24) is 14.1 Å². The third kappa shape index (κ3) is 6.10. The molecule has 192 valence electrons. The molecular weight excluding hydrogens is 516 g/mol. The maximum atomic E-state index is 13.2. The smallest absolute Gasteiger partial charge is 0.337 e. The minimum atomic E-state index is -2.86. The molecule has 1 aliphatic rings. The lowest BCUT2D eigenvalue weighted by molar-refractivity contribution is -0.0530. The Hall–Kier alpha value is -2.41. The highest BCUT2D eigenvalue weighted by Crippen LogP contribution is 2.46.